The van der Waals surface area contributed by atoms with Crippen LogP contribution in [0.25, 0.3) is 0 Å². The van der Waals surface area contributed by atoms with Gasteiger partial charge in [0.25, 0.3) is 10.0 Å². The van der Waals surface area contributed by atoms with Gasteiger partial charge in [0.1, 0.15) is 11.5 Å². The number of sulfonamides is 1. The van der Waals surface area contributed by atoms with Crippen molar-refractivity contribution in [2.45, 2.75) is 4.90 Å². The molecule has 1 fully saturated rings. The first-order chi connectivity index (χ1) is 14.3. The van der Waals surface area contributed by atoms with Crippen molar-refractivity contribution in [3.8, 4) is 0 Å². The van der Waals surface area contributed by atoms with Crippen LogP contribution in [0.1, 0.15) is 15.9 Å². The first-order valence-corrected chi connectivity index (χ1v) is 11.6. The molecule has 1 saturated heterocycles. The Bertz CT molecular complexity index is 1110. The third-order valence-electron chi connectivity index (χ3n) is 5.08. The molecule has 0 radical (unpaired) electrons. The van der Waals surface area contributed by atoms with Crippen LogP contribution in [0.4, 0.5) is 0 Å². The van der Waals surface area contributed by atoms with E-state index < -0.39 is 16.0 Å². The Morgan fingerprint density at radius 3 is 2.53 bits per heavy atom. The highest BCUT2D eigenvalue weighted by Crippen LogP contribution is 2.28. The van der Waals surface area contributed by atoms with E-state index in [9.17, 15) is 13.2 Å². The molecule has 4 rings (SSSR count). The van der Waals surface area contributed by atoms with Gasteiger partial charge in [-0.2, -0.15) is 8.42 Å². The lowest BCUT2D eigenvalue weighted by atomic mass is 10.1. The third kappa shape index (κ3) is 4.32. The van der Waals surface area contributed by atoms with Crippen molar-refractivity contribution in [1.82, 2.24) is 9.80 Å². The van der Waals surface area contributed by atoms with Crippen molar-refractivity contribution < 1.29 is 17.9 Å². The average Bonchev–Trinajstić information content (AvgIpc) is 3.00. The maximum Gasteiger partial charge on any atom is 0.339 e. The van der Waals surface area contributed by atoms with E-state index in [0.717, 1.165) is 0 Å². The summed E-state index contributed by atoms with van der Waals surface area (Å²) >= 11 is 11.9. The van der Waals surface area contributed by atoms with Gasteiger partial charge in [-0.15, -0.1) is 4.40 Å². The average molecular weight is 468 g/mol. The number of hydrogen-bond donors (Lipinski definition) is 0. The van der Waals surface area contributed by atoms with Gasteiger partial charge in [0, 0.05) is 43.3 Å². The van der Waals surface area contributed by atoms with Gasteiger partial charge in [-0.05, 0) is 30.3 Å². The lowest BCUT2D eigenvalue weighted by Crippen LogP contribution is -2.49. The number of hydrogen-bond acceptors (Lipinski definition) is 6. The SMILES string of the molecule is O=C(OCCN1CCN(C2=NS(=O)(=O)c3ccccc32)CC1)c1ccc(Cl)cc1Cl. The lowest BCUT2D eigenvalue weighted by molar-refractivity contribution is 0.0442. The van der Waals surface area contributed by atoms with Crippen molar-refractivity contribution >= 4 is 45.0 Å². The van der Waals surface area contributed by atoms with Crippen molar-refractivity contribution in [3.63, 3.8) is 0 Å². The fraction of sp³-hybridized carbons (Fsp3) is 0.300. The number of esters is 1. The van der Waals surface area contributed by atoms with E-state index in [1.54, 1.807) is 30.3 Å². The highest BCUT2D eigenvalue weighted by molar-refractivity contribution is 7.90. The number of carbonyl (C=O) groups excluding carboxylic acids is 1. The summed E-state index contributed by atoms with van der Waals surface area (Å²) in [7, 11) is -3.62. The molecule has 2 aromatic rings. The maximum atomic E-state index is 12.2. The number of benzene rings is 2. The Kier molecular flexibility index (Phi) is 6.02. The molecule has 7 nitrogen and oxygen atoms in total. The maximum absolute atomic E-state index is 12.2. The Morgan fingerprint density at radius 2 is 1.80 bits per heavy atom. The number of nitrogens with zero attached hydrogens (tertiary/aromatic N) is 3. The van der Waals surface area contributed by atoms with E-state index in [1.165, 1.54) is 6.07 Å². The zero-order chi connectivity index (χ0) is 21.3. The summed E-state index contributed by atoms with van der Waals surface area (Å²) in [5.41, 5.74) is 0.935. The van der Waals surface area contributed by atoms with Crippen molar-refractivity contribution in [2.24, 2.45) is 4.40 Å². The Hall–Kier alpha value is -2.13. The summed E-state index contributed by atoms with van der Waals surface area (Å²) in [4.78, 5) is 16.6. The molecule has 0 N–H and O–H groups in total. The molecule has 10 heteroatoms. The zero-order valence-corrected chi connectivity index (χ0v) is 18.3. The van der Waals surface area contributed by atoms with E-state index in [4.69, 9.17) is 27.9 Å². The van der Waals surface area contributed by atoms with Gasteiger partial charge >= 0.3 is 5.97 Å². The van der Waals surface area contributed by atoms with Crippen LogP contribution in [-0.2, 0) is 14.8 Å². The number of ether oxygens (including phenoxy) is 1. The number of amidine groups is 1. The van der Waals surface area contributed by atoms with Crippen molar-refractivity contribution in [3.05, 3.63) is 63.6 Å². The van der Waals surface area contributed by atoms with Gasteiger partial charge in [-0.1, -0.05) is 35.3 Å². The Balaban J connectivity index is 1.29. The minimum absolute atomic E-state index is 0.232. The van der Waals surface area contributed by atoms with Crippen molar-refractivity contribution in [1.29, 1.82) is 0 Å². The summed E-state index contributed by atoms with van der Waals surface area (Å²) in [6.07, 6.45) is 0. The van der Waals surface area contributed by atoms with Crippen LogP contribution in [0.15, 0.2) is 51.8 Å². The second-order valence-electron chi connectivity index (χ2n) is 6.97. The highest BCUT2D eigenvalue weighted by Gasteiger charge is 2.32. The van der Waals surface area contributed by atoms with Gasteiger partial charge in [0.2, 0.25) is 0 Å². The Labute approximate surface area is 184 Å². The highest BCUT2D eigenvalue weighted by atomic mass is 35.5. The van der Waals surface area contributed by atoms with Gasteiger partial charge in [0.15, 0.2) is 5.84 Å². The number of carbonyl (C=O) groups is 1. The van der Waals surface area contributed by atoms with Crippen LogP contribution < -0.4 is 0 Å². The monoisotopic (exact) mass is 467 g/mol. The number of halogens is 2. The van der Waals surface area contributed by atoms with E-state index in [1.807, 2.05) is 11.0 Å². The molecular formula is C20H19Cl2N3O4S. The summed E-state index contributed by atoms with van der Waals surface area (Å²) in [5, 5.41) is 0.713. The van der Waals surface area contributed by atoms with Crippen LogP contribution in [-0.4, -0.2) is 69.4 Å². The van der Waals surface area contributed by atoms with Crippen LogP contribution in [0.2, 0.25) is 10.0 Å². The summed E-state index contributed by atoms with van der Waals surface area (Å²) in [6, 6.07) is 11.5. The molecule has 2 heterocycles. The normalized spacial score (nSPS) is 18.1. The molecule has 0 atom stereocenters. The molecule has 2 aliphatic heterocycles. The van der Waals surface area contributed by atoms with Crippen molar-refractivity contribution in [2.75, 3.05) is 39.3 Å². The number of fused-ring (bicyclic) bond motifs is 1. The number of rotatable bonds is 4. The topological polar surface area (TPSA) is 79.3 Å². The largest absolute Gasteiger partial charge is 0.461 e. The molecule has 2 aliphatic rings. The molecule has 0 amide bonds. The van der Waals surface area contributed by atoms with Gasteiger partial charge in [-0.3, -0.25) is 4.90 Å². The molecule has 0 aliphatic carbocycles. The predicted molar refractivity (Wildman–Crippen MR) is 115 cm³/mol. The molecule has 0 unspecified atom stereocenters. The molecule has 0 bridgehead atoms. The second-order valence-corrected chi connectivity index (χ2v) is 9.39. The minimum Gasteiger partial charge on any atom is -0.461 e. The Morgan fingerprint density at radius 1 is 1.07 bits per heavy atom. The molecule has 0 spiro atoms. The van der Waals surface area contributed by atoms with Crippen LogP contribution in [0.3, 0.4) is 0 Å². The molecular weight excluding hydrogens is 449 g/mol. The zero-order valence-electron chi connectivity index (χ0n) is 15.9. The fourth-order valence-electron chi connectivity index (χ4n) is 3.50. The molecule has 158 valence electrons. The first kappa shape index (κ1) is 21.1. The third-order valence-corrected chi connectivity index (χ3v) is 6.95. The quantitative estimate of drug-likeness (QED) is 0.643. The summed E-state index contributed by atoms with van der Waals surface area (Å²) in [5.74, 6) is 0.0199. The molecule has 30 heavy (non-hydrogen) atoms. The van der Waals surface area contributed by atoms with E-state index in [-0.39, 0.29) is 22.1 Å². The predicted octanol–water partition coefficient (Wildman–Crippen LogP) is 2.92. The van der Waals surface area contributed by atoms with Gasteiger partial charge in [-0.25, -0.2) is 4.79 Å². The van der Waals surface area contributed by atoms with Crippen LogP contribution in [0, 0.1) is 0 Å². The van der Waals surface area contributed by atoms with Gasteiger partial charge < -0.3 is 9.64 Å². The van der Waals surface area contributed by atoms with E-state index in [0.29, 0.717) is 49.1 Å². The standard InChI is InChI=1S/C20H19Cl2N3O4S/c21-14-5-6-15(17(22)13-14)20(26)29-12-11-24-7-9-25(10-8-24)19-16-3-1-2-4-18(16)30(27,28)23-19/h1-6,13H,7-12H2. The second kappa shape index (κ2) is 8.55. The van der Waals surface area contributed by atoms with E-state index >= 15 is 0 Å². The minimum atomic E-state index is -3.62. The fourth-order valence-corrected chi connectivity index (χ4v) is 5.21. The molecule has 2 aromatic carbocycles. The lowest BCUT2D eigenvalue weighted by Gasteiger charge is -2.35. The summed E-state index contributed by atoms with van der Waals surface area (Å²) < 4.78 is 33.8. The first-order valence-electron chi connectivity index (χ1n) is 9.39. The number of piperazine rings is 1. The van der Waals surface area contributed by atoms with Crippen LogP contribution in [0.5, 0.6) is 0 Å². The van der Waals surface area contributed by atoms with Gasteiger partial charge in [0.05, 0.1) is 10.6 Å². The van der Waals surface area contributed by atoms with Crippen LogP contribution >= 0.6 is 23.2 Å². The smallest absolute Gasteiger partial charge is 0.339 e. The molecule has 0 aromatic heterocycles. The summed E-state index contributed by atoms with van der Waals surface area (Å²) in [6.45, 7) is 3.50. The van der Waals surface area contributed by atoms with E-state index in [2.05, 4.69) is 9.30 Å². The molecule has 0 saturated carbocycles.